The van der Waals surface area contributed by atoms with Crippen LogP contribution in [0.25, 0.3) is 0 Å². The summed E-state index contributed by atoms with van der Waals surface area (Å²) in [6.07, 6.45) is 0.0727. The zero-order chi connectivity index (χ0) is 12.5. The van der Waals surface area contributed by atoms with Gasteiger partial charge in [-0.2, -0.15) is 0 Å². The molecule has 0 aliphatic heterocycles. The van der Waals surface area contributed by atoms with Crippen LogP contribution in [0.4, 0.5) is 0 Å². The van der Waals surface area contributed by atoms with E-state index in [0.717, 1.165) is 24.3 Å². The van der Waals surface area contributed by atoms with Crippen LogP contribution in [0.1, 0.15) is 18.1 Å². The molecule has 0 heterocycles. The molecule has 94 valence electrons. The fourth-order valence-electron chi connectivity index (χ4n) is 1.58. The zero-order valence-electron chi connectivity index (χ0n) is 10.1. The van der Waals surface area contributed by atoms with Crippen molar-refractivity contribution in [1.82, 2.24) is 5.32 Å². The SMILES string of the molecule is CCOCCNCc1ccccc1CC(=O)O. The smallest absolute Gasteiger partial charge is 0.307 e. The fourth-order valence-corrected chi connectivity index (χ4v) is 1.58. The molecule has 0 atom stereocenters. The molecule has 4 nitrogen and oxygen atoms in total. The summed E-state index contributed by atoms with van der Waals surface area (Å²) in [6, 6.07) is 7.59. The molecule has 0 aliphatic carbocycles. The van der Waals surface area contributed by atoms with Crippen molar-refractivity contribution in [2.24, 2.45) is 0 Å². The molecular formula is C13H19NO3. The number of rotatable bonds is 8. The van der Waals surface area contributed by atoms with Crippen LogP contribution in [0.15, 0.2) is 24.3 Å². The van der Waals surface area contributed by atoms with Gasteiger partial charge in [-0.3, -0.25) is 4.79 Å². The Balaban J connectivity index is 2.43. The molecule has 0 saturated carbocycles. The van der Waals surface area contributed by atoms with Gasteiger partial charge >= 0.3 is 5.97 Å². The van der Waals surface area contributed by atoms with Crippen molar-refractivity contribution in [2.75, 3.05) is 19.8 Å². The summed E-state index contributed by atoms with van der Waals surface area (Å²) in [5.41, 5.74) is 1.90. The molecule has 0 fully saturated rings. The maximum Gasteiger partial charge on any atom is 0.307 e. The molecule has 1 rings (SSSR count). The van der Waals surface area contributed by atoms with E-state index in [1.165, 1.54) is 0 Å². The quantitative estimate of drug-likeness (QED) is 0.672. The third kappa shape index (κ3) is 5.47. The molecule has 0 aromatic heterocycles. The Labute approximate surface area is 102 Å². The lowest BCUT2D eigenvalue weighted by molar-refractivity contribution is -0.136. The first-order valence-electron chi connectivity index (χ1n) is 5.81. The number of carboxylic acids is 1. The first kappa shape index (κ1) is 13.7. The molecule has 0 spiro atoms. The van der Waals surface area contributed by atoms with Gasteiger partial charge in [0, 0.05) is 19.7 Å². The van der Waals surface area contributed by atoms with E-state index in [1.54, 1.807) is 0 Å². The molecule has 0 amide bonds. The number of benzene rings is 1. The third-order valence-corrected chi connectivity index (χ3v) is 2.40. The number of aliphatic carboxylic acids is 1. The first-order chi connectivity index (χ1) is 8.24. The van der Waals surface area contributed by atoms with Gasteiger partial charge in [-0.25, -0.2) is 0 Å². The molecule has 0 bridgehead atoms. The maximum atomic E-state index is 10.7. The van der Waals surface area contributed by atoms with Crippen molar-refractivity contribution < 1.29 is 14.6 Å². The van der Waals surface area contributed by atoms with Crippen molar-refractivity contribution in [3.63, 3.8) is 0 Å². The minimum absolute atomic E-state index is 0.0727. The fraction of sp³-hybridized carbons (Fsp3) is 0.462. The molecule has 0 radical (unpaired) electrons. The lowest BCUT2D eigenvalue weighted by Crippen LogP contribution is -2.20. The van der Waals surface area contributed by atoms with Crippen LogP contribution in [-0.4, -0.2) is 30.8 Å². The van der Waals surface area contributed by atoms with Gasteiger partial charge in [-0.1, -0.05) is 24.3 Å². The minimum atomic E-state index is -0.799. The summed E-state index contributed by atoms with van der Waals surface area (Å²) in [4.78, 5) is 10.7. The van der Waals surface area contributed by atoms with E-state index in [4.69, 9.17) is 9.84 Å². The number of nitrogens with one attached hydrogen (secondary N) is 1. The average molecular weight is 237 g/mol. The highest BCUT2D eigenvalue weighted by molar-refractivity contribution is 5.70. The molecule has 0 unspecified atom stereocenters. The van der Waals surface area contributed by atoms with Gasteiger partial charge in [0.25, 0.3) is 0 Å². The summed E-state index contributed by atoms with van der Waals surface area (Å²) >= 11 is 0. The van der Waals surface area contributed by atoms with E-state index in [2.05, 4.69) is 5.32 Å². The molecule has 1 aromatic rings. The van der Waals surface area contributed by atoms with E-state index >= 15 is 0 Å². The van der Waals surface area contributed by atoms with Crippen molar-refractivity contribution in [3.8, 4) is 0 Å². The van der Waals surface area contributed by atoms with Crippen LogP contribution in [0.3, 0.4) is 0 Å². The minimum Gasteiger partial charge on any atom is -0.481 e. The van der Waals surface area contributed by atoms with E-state index in [1.807, 2.05) is 31.2 Å². The Bertz CT molecular complexity index is 352. The van der Waals surface area contributed by atoms with Crippen LogP contribution in [0, 0.1) is 0 Å². The lowest BCUT2D eigenvalue weighted by Gasteiger charge is -2.09. The zero-order valence-corrected chi connectivity index (χ0v) is 10.1. The van der Waals surface area contributed by atoms with Crippen molar-refractivity contribution >= 4 is 5.97 Å². The van der Waals surface area contributed by atoms with Crippen molar-refractivity contribution in [1.29, 1.82) is 0 Å². The van der Waals surface area contributed by atoms with Crippen LogP contribution in [0.5, 0.6) is 0 Å². The average Bonchev–Trinajstić information content (AvgIpc) is 2.30. The topological polar surface area (TPSA) is 58.6 Å². The second-order valence-corrected chi connectivity index (χ2v) is 3.71. The van der Waals surface area contributed by atoms with E-state index in [-0.39, 0.29) is 6.42 Å². The van der Waals surface area contributed by atoms with Crippen LogP contribution in [0.2, 0.25) is 0 Å². The second-order valence-electron chi connectivity index (χ2n) is 3.71. The Hall–Kier alpha value is -1.39. The lowest BCUT2D eigenvalue weighted by atomic mass is 10.0. The third-order valence-electron chi connectivity index (χ3n) is 2.40. The summed E-state index contributed by atoms with van der Waals surface area (Å²) in [7, 11) is 0. The number of hydrogen-bond donors (Lipinski definition) is 2. The van der Waals surface area contributed by atoms with Crippen LogP contribution < -0.4 is 5.32 Å². The number of ether oxygens (including phenoxy) is 1. The monoisotopic (exact) mass is 237 g/mol. The standard InChI is InChI=1S/C13H19NO3/c1-2-17-8-7-14-10-12-6-4-3-5-11(12)9-13(15)16/h3-6,14H,2,7-10H2,1H3,(H,15,16). The van der Waals surface area contributed by atoms with Crippen molar-refractivity contribution in [2.45, 2.75) is 19.9 Å². The van der Waals surface area contributed by atoms with Crippen LogP contribution >= 0.6 is 0 Å². The van der Waals surface area contributed by atoms with E-state index in [0.29, 0.717) is 13.2 Å². The van der Waals surface area contributed by atoms with Gasteiger partial charge in [0.2, 0.25) is 0 Å². The Morgan fingerprint density at radius 2 is 2.06 bits per heavy atom. The van der Waals surface area contributed by atoms with Crippen LogP contribution in [-0.2, 0) is 22.5 Å². The largest absolute Gasteiger partial charge is 0.481 e. The Morgan fingerprint density at radius 3 is 2.71 bits per heavy atom. The highest BCUT2D eigenvalue weighted by atomic mass is 16.5. The van der Waals surface area contributed by atoms with Crippen molar-refractivity contribution in [3.05, 3.63) is 35.4 Å². The second kappa shape index (κ2) is 7.81. The maximum absolute atomic E-state index is 10.7. The van der Waals surface area contributed by atoms with Gasteiger partial charge in [0.15, 0.2) is 0 Å². The summed E-state index contributed by atoms with van der Waals surface area (Å²) in [5, 5.41) is 12.0. The normalized spacial score (nSPS) is 10.4. The molecule has 1 aromatic carbocycles. The summed E-state index contributed by atoms with van der Waals surface area (Å²) in [5.74, 6) is -0.799. The van der Waals surface area contributed by atoms with Gasteiger partial charge in [-0.15, -0.1) is 0 Å². The predicted molar refractivity (Wildman–Crippen MR) is 66.0 cm³/mol. The van der Waals surface area contributed by atoms with Gasteiger partial charge in [0.1, 0.15) is 0 Å². The Kier molecular flexibility index (Phi) is 6.29. The molecule has 0 saturated heterocycles. The van der Waals surface area contributed by atoms with Gasteiger partial charge in [-0.05, 0) is 18.1 Å². The molecule has 17 heavy (non-hydrogen) atoms. The van der Waals surface area contributed by atoms with Gasteiger partial charge < -0.3 is 15.2 Å². The Morgan fingerprint density at radius 1 is 1.35 bits per heavy atom. The molecule has 0 aliphatic rings. The van der Waals surface area contributed by atoms with Gasteiger partial charge in [0.05, 0.1) is 13.0 Å². The molecular weight excluding hydrogens is 218 g/mol. The number of carbonyl (C=O) groups is 1. The summed E-state index contributed by atoms with van der Waals surface area (Å²) in [6.45, 7) is 4.81. The summed E-state index contributed by atoms with van der Waals surface area (Å²) < 4.78 is 5.21. The number of hydrogen-bond acceptors (Lipinski definition) is 3. The first-order valence-corrected chi connectivity index (χ1v) is 5.81. The van der Waals surface area contributed by atoms with E-state index < -0.39 is 5.97 Å². The highest BCUT2D eigenvalue weighted by Crippen LogP contribution is 2.09. The number of carboxylic acid groups (broad SMARTS) is 1. The van der Waals surface area contributed by atoms with E-state index in [9.17, 15) is 4.79 Å². The predicted octanol–water partition coefficient (Wildman–Crippen LogP) is 1.44. The molecule has 4 heteroatoms. The highest BCUT2D eigenvalue weighted by Gasteiger charge is 2.05. The molecule has 2 N–H and O–H groups in total.